The van der Waals surface area contributed by atoms with Gasteiger partial charge in [0.1, 0.15) is 18.5 Å². The molecule has 0 fully saturated rings. The van der Waals surface area contributed by atoms with E-state index in [2.05, 4.69) is 20.3 Å². The van der Waals surface area contributed by atoms with E-state index in [1.54, 1.807) is 30.6 Å². The van der Waals surface area contributed by atoms with Crippen LogP contribution < -0.4 is 5.32 Å². The molecule has 0 bridgehead atoms. The molecule has 2 N–H and O–H groups in total. The normalized spacial score (nSPS) is 11.8. The van der Waals surface area contributed by atoms with Crippen LogP contribution in [-0.2, 0) is 14.3 Å². The number of thioether (sulfide) groups is 1. The molecule has 0 spiro atoms. The average Bonchev–Trinajstić information content (AvgIpc) is 3.31. The van der Waals surface area contributed by atoms with Gasteiger partial charge in [-0.1, -0.05) is 18.2 Å². The zero-order valence-corrected chi connectivity index (χ0v) is 19.4. The van der Waals surface area contributed by atoms with E-state index in [0.29, 0.717) is 17.1 Å². The van der Waals surface area contributed by atoms with Crippen molar-refractivity contribution in [3.8, 4) is 11.4 Å². The van der Waals surface area contributed by atoms with E-state index in [-0.39, 0.29) is 19.1 Å². The highest BCUT2D eigenvalue weighted by Crippen LogP contribution is 2.22. The quantitative estimate of drug-likeness (QED) is 0.204. The third-order valence-corrected chi connectivity index (χ3v) is 6.08. The van der Waals surface area contributed by atoms with Crippen molar-refractivity contribution in [2.24, 2.45) is 0 Å². The summed E-state index contributed by atoms with van der Waals surface area (Å²) >= 11 is 1.47. The number of nitrogens with one attached hydrogen (secondary N) is 2. The van der Waals surface area contributed by atoms with Crippen LogP contribution in [0.5, 0.6) is 0 Å². The number of imidazole rings is 1. The van der Waals surface area contributed by atoms with Crippen LogP contribution in [0.15, 0.2) is 78.0 Å². The standard InChI is InChI=1S/C25H24N4O4S/c1-32-13-14-33-25(31)22(16-34-19-5-3-2-4-6-19)29-24(30)18-7-8-20-21(15-18)28-23(27-20)17-9-11-26-12-10-17/h2-12,15,22H,13-14,16H2,1H3,(H,27,28)(H,29,30). The Balaban J connectivity index is 1.49. The number of fused-ring (bicyclic) bond motifs is 1. The topological polar surface area (TPSA) is 106 Å². The zero-order chi connectivity index (χ0) is 23.8. The molecule has 0 aliphatic rings. The SMILES string of the molecule is COCCOC(=O)C(CSc1ccccc1)NC(=O)c1ccc2nc(-c3ccncc3)[nH]c2c1. The van der Waals surface area contributed by atoms with Crippen LogP contribution in [0, 0.1) is 0 Å². The molecule has 4 rings (SSSR count). The lowest BCUT2D eigenvalue weighted by molar-refractivity contribution is -0.146. The van der Waals surface area contributed by atoms with Crippen molar-refractivity contribution in [3.05, 3.63) is 78.6 Å². The van der Waals surface area contributed by atoms with Gasteiger partial charge in [-0.25, -0.2) is 9.78 Å². The maximum atomic E-state index is 13.0. The first kappa shape index (κ1) is 23.5. The van der Waals surface area contributed by atoms with E-state index < -0.39 is 12.0 Å². The lowest BCUT2D eigenvalue weighted by Gasteiger charge is -2.17. The van der Waals surface area contributed by atoms with Crippen molar-refractivity contribution in [1.29, 1.82) is 0 Å². The summed E-state index contributed by atoms with van der Waals surface area (Å²) in [6.45, 7) is 0.407. The molecule has 34 heavy (non-hydrogen) atoms. The summed E-state index contributed by atoms with van der Waals surface area (Å²) < 4.78 is 10.2. The molecule has 0 saturated carbocycles. The van der Waals surface area contributed by atoms with Gasteiger partial charge in [-0.3, -0.25) is 9.78 Å². The van der Waals surface area contributed by atoms with Gasteiger partial charge in [-0.2, -0.15) is 0 Å². The number of benzene rings is 2. The van der Waals surface area contributed by atoms with Crippen molar-refractivity contribution >= 4 is 34.7 Å². The van der Waals surface area contributed by atoms with Crippen molar-refractivity contribution in [3.63, 3.8) is 0 Å². The van der Waals surface area contributed by atoms with Crippen LogP contribution in [0.2, 0.25) is 0 Å². The number of hydrogen-bond acceptors (Lipinski definition) is 7. The number of rotatable bonds is 10. The number of aromatic amines is 1. The highest BCUT2D eigenvalue weighted by atomic mass is 32.2. The summed E-state index contributed by atoms with van der Waals surface area (Å²) in [6.07, 6.45) is 3.39. The first-order valence-electron chi connectivity index (χ1n) is 10.7. The van der Waals surface area contributed by atoms with Crippen LogP contribution in [0.25, 0.3) is 22.4 Å². The summed E-state index contributed by atoms with van der Waals surface area (Å²) in [7, 11) is 1.53. The summed E-state index contributed by atoms with van der Waals surface area (Å²) in [5.74, 6) is 0.148. The molecule has 1 atom stereocenters. The van der Waals surface area contributed by atoms with Crippen LogP contribution >= 0.6 is 11.8 Å². The lowest BCUT2D eigenvalue weighted by atomic mass is 10.1. The first-order chi connectivity index (χ1) is 16.6. The molecule has 0 saturated heterocycles. The molecule has 4 aromatic rings. The summed E-state index contributed by atoms with van der Waals surface area (Å²) in [4.78, 5) is 38.5. The Morgan fingerprint density at radius 2 is 1.85 bits per heavy atom. The third kappa shape index (κ3) is 6.00. The largest absolute Gasteiger partial charge is 0.462 e. The number of H-pyrrole nitrogens is 1. The molecule has 2 aromatic carbocycles. The van der Waals surface area contributed by atoms with E-state index in [0.717, 1.165) is 21.5 Å². The fraction of sp³-hybridized carbons (Fsp3) is 0.200. The van der Waals surface area contributed by atoms with Crippen molar-refractivity contribution < 1.29 is 19.1 Å². The minimum Gasteiger partial charge on any atom is -0.462 e. The average molecular weight is 477 g/mol. The first-order valence-corrected chi connectivity index (χ1v) is 11.7. The Bertz CT molecular complexity index is 1250. The molecule has 2 heterocycles. The lowest BCUT2D eigenvalue weighted by Crippen LogP contribution is -2.44. The number of esters is 1. The second kappa shape index (κ2) is 11.4. The molecule has 0 radical (unpaired) electrons. The Hall–Kier alpha value is -3.69. The number of pyridine rings is 1. The highest BCUT2D eigenvalue weighted by molar-refractivity contribution is 7.99. The molecule has 0 aliphatic heterocycles. The molecule has 1 amide bonds. The third-order valence-electron chi connectivity index (χ3n) is 4.98. The van der Waals surface area contributed by atoms with Gasteiger partial charge in [-0.05, 0) is 42.5 Å². The Labute approximate surface area is 201 Å². The van der Waals surface area contributed by atoms with E-state index in [4.69, 9.17) is 9.47 Å². The molecular formula is C25H24N4O4S. The molecular weight excluding hydrogens is 452 g/mol. The Morgan fingerprint density at radius 3 is 2.62 bits per heavy atom. The Kier molecular flexibility index (Phi) is 7.90. The van der Waals surface area contributed by atoms with Gasteiger partial charge in [0.05, 0.1) is 17.6 Å². The van der Waals surface area contributed by atoms with Gasteiger partial charge in [0.25, 0.3) is 5.91 Å². The maximum absolute atomic E-state index is 13.0. The molecule has 0 aliphatic carbocycles. The minimum atomic E-state index is -0.820. The number of carbonyl (C=O) groups is 2. The predicted molar refractivity (Wildman–Crippen MR) is 131 cm³/mol. The van der Waals surface area contributed by atoms with Crippen LogP contribution in [0.3, 0.4) is 0 Å². The van der Waals surface area contributed by atoms with Crippen molar-refractivity contribution in [1.82, 2.24) is 20.3 Å². The van der Waals surface area contributed by atoms with Crippen LogP contribution in [0.1, 0.15) is 10.4 Å². The van der Waals surface area contributed by atoms with Gasteiger partial charge in [0, 0.05) is 41.3 Å². The number of aromatic nitrogens is 3. The highest BCUT2D eigenvalue weighted by Gasteiger charge is 2.23. The molecule has 2 aromatic heterocycles. The number of methoxy groups -OCH3 is 1. The minimum absolute atomic E-state index is 0.121. The zero-order valence-electron chi connectivity index (χ0n) is 18.6. The van der Waals surface area contributed by atoms with E-state index in [1.807, 2.05) is 42.5 Å². The molecule has 1 unspecified atom stereocenters. The fourth-order valence-corrected chi connectivity index (χ4v) is 4.16. The fourth-order valence-electron chi connectivity index (χ4n) is 3.23. The summed E-state index contributed by atoms with van der Waals surface area (Å²) in [6, 6.07) is 17.7. The van der Waals surface area contributed by atoms with Gasteiger partial charge >= 0.3 is 5.97 Å². The summed E-state index contributed by atoms with van der Waals surface area (Å²) in [5, 5.41) is 2.82. The van der Waals surface area contributed by atoms with E-state index >= 15 is 0 Å². The van der Waals surface area contributed by atoms with Crippen LogP contribution in [-0.4, -0.2) is 58.9 Å². The number of amides is 1. The van der Waals surface area contributed by atoms with Crippen LogP contribution in [0.4, 0.5) is 0 Å². The second-order valence-electron chi connectivity index (χ2n) is 7.36. The number of carbonyl (C=O) groups excluding carboxylic acids is 2. The smallest absolute Gasteiger partial charge is 0.329 e. The molecule has 174 valence electrons. The molecule has 8 nitrogen and oxygen atoms in total. The summed E-state index contributed by atoms with van der Waals surface area (Å²) in [5.41, 5.74) is 2.77. The molecule has 9 heteroatoms. The predicted octanol–water partition coefficient (Wildman–Crippen LogP) is 3.71. The number of ether oxygens (including phenoxy) is 2. The van der Waals surface area contributed by atoms with Gasteiger partial charge in [0.15, 0.2) is 0 Å². The van der Waals surface area contributed by atoms with Gasteiger partial charge in [-0.15, -0.1) is 11.8 Å². The van der Waals surface area contributed by atoms with Crippen molar-refractivity contribution in [2.75, 3.05) is 26.1 Å². The van der Waals surface area contributed by atoms with Crippen molar-refractivity contribution in [2.45, 2.75) is 10.9 Å². The van der Waals surface area contributed by atoms with E-state index in [9.17, 15) is 9.59 Å². The maximum Gasteiger partial charge on any atom is 0.329 e. The van der Waals surface area contributed by atoms with Gasteiger partial charge in [0.2, 0.25) is 0 Å². The monoisotopic (exact) mass is 476 g/mol. The number of nitrogens with zero attached hydrogens (tertiary/aromatic N) is 2. The van der Waals surface area contributed by atoms with Gasteiger partial charge < -0.3 is 19.8 Å². The van der Waals surface area contributed by atoms with E-state index in [1.165, 1.54) is 18.9 Å². The Morgan fingerprint density at radius 1 is 1.06 bits per heavy atom. The second-order valence-corrected chi connectivity index (χ2v) is 8.46. The number of hydrogen-bond donors (Lipinski definition) is 2.